The third kappa shape index (κ3) is 2.45. The van der Waals surface area contributed by atoms with Crippen molar-refractivity contribution in [1.29, 1.82) is 0 Å². The van der Waals surface area contributed by atoms with E-state index in [0.717, 1.165) is 5.06 Å². The van der Waals surface area contributed by atoms with Crippen LogP contribution >= 0.6 is 0 Å². The first-order chi connectivity index (χ1) is 6.25. The molecule has 1 amide bonds. The van der Waals surface area contributed by atoms with Crippen LogP contribution in [0.4, 0.5) is 10.5 Å². The zero-order valence-electron chi connectivity index (χ0n) is 7.27. The average molecular weight is 180 g/mol. The Balaban J connectivity index is 2.82. The number of benzene rings is 1. The zero-order chi connectivity index (χ0) is 9.68. The zero-order valence-corrected chi connectivity index (χ0v) is 7.27. The van der Waals surface area contributed by atoms with Crippen molar-refractivity contribution in [2.24, 2.45) is 0 Å². The van der Waals surface area contributed by atoms with E-state index in [2.05, 4.69) is 0 Å². The molecule has 0 aliphatic carbocycles. The minimum atomic E-state index is -1.37. The van der Waals surface area contributed by atoms with Crippen LogP contribution in [0.25, 0.3) is 0 Å². The maximum Gasteiger partial charge on any atom is 0.481 e. The van der Waals surface area contributed by atoms with Gasteiger partial charge in [-0.1, -0.05) is 18.2 Å². The molecule has 4 heteroatoms. The molecule has 0 bridgehead atoms. The van der Waals surface area contributed by atoms with Crippen molar-refractivity contribution in [2.75, 3.05) is 11.7 Å². The van der Waals surface area contributed by atoms with E-state index in [9.17, 15) is 9.90 Å². The molecule has 0 aliphatic heterocycles. The third-order valence-electron chi connectivity index (χ3n) is 1.41. The van der Waals surface area contributed by atoms with Gasteiger partial charge in [0, 0.05) is 0 Å². The molecule has 1 rings (SSSR count). The van der Waals surface area contributed by atoms with Crippen molar-refractivity contribution in [1.82, 2.24) is 0 Å². The molecule has 1 radical (unpaired) electrons. The molecule has 69 valence electrons. The number of rotatable bonds is 3. The molecule has 0 aliphatic rings. The van der Waals surface area contributed by atoms with Gasteiger partial charge in [0.15, 0.2) is 0 Å². The monoisotopic (exact) mass is 180 g/mol. The number of hydroxylamine groups is 1. The molecule has 0 atom stereocenters. The van der Waals surface area contributed by atoms with Gasteiger partial charge in [-0.2, -0.15) is 5.06 Å². The number of amides is 1. The summed E-state index contributed by atoms with van der Waals surface area (Å²) >= 11 is 0. The van der Waals surface area contributed by atoms with Crippen LogP contribution in [0, 0.1) is 0 Å². The summed E-state index contributed by atoms with van der Waals surface area (Å²) in [4.78, 5) is 15.4. The van der Waals surface area contributed by atoms with Crippen molar-refractivity contribution < 1.29 is 14.7 Å². The largest absolute Gasteiger partial charge is 0.481 e. The SMILES string of the molecule is CCON(C([O])=O)c1ccccc1. The fraction of sp³-hybridized carbons (Fsp3) is 0.222. The highest BCUT2D eigenvalue weighted by Gasteiger charge is 2.15. The van der Waals surface area contributed by atoms with Gasteiger partial charge in [0.2, 0.25) is 0 Å². The van der Waals surface area contributed by atoms with Gasteiger partial charge in [-0.05, 0) is 19.1 Å². The summed E-state index contributed by atoms with van der Waals surface area (Å²) in [6, 6.07) is 8.51. The lowest BCUT2D eigenvalue weighted by Gasteiger charge is -2.15. The normalized spacial score (nSPS) is 9.62. The van der Waals surface area contributed by atoms with Crippen LogP contribution in [-0.4, -0.2) is 12.7 Å². The maximum atomic E-state index is 10.6. The average Bonchev–Trinajstić information content (AvgIpc) is 2.15. The number of anilines is 1. The van der Waals surface area contributed by atoms with Crippen LogP contribution in [0.3, 0.4) is 0 Å². The molecule has 0 saturated heterocycles. The number of hydrogen-bond acceptors (Lipinski definition) is 2. The summed E-state index contributed by atoms with van der Waals surface area (Å²) in [6.07, 6.45) is -1.37. The van der Waals surface area contributed by atoms with Crippen LogP contribution in [0.1, 0.15) is 6.92 Å². The lowest BCUT2D eigenvalue weighted by molar-refractivity contribution is 0.0896. The molecule has 0 unspecified atom stereocenters. The van der Waals surface area contributed by atoms with Crippen molar-refractivity contribution >= 4 is 11.8 Å². The van der Waals surface area contributed by atoms with E-state index in [0.29, 0.717) is 5.69 Å². The molecule has 4 nitrogen and oxygen atoms in total. The Morgan fingerprint density at radius 3 is 2.46 bits per heavy atom. The van der Waals surface area contributed by atoms with Gasteiger partial charge in [-0.15, -0.1) is 0 Å². The van der Waals surface area contributed by atoms with E-state index in [1.807, 2.05) is 0 Å². The fourth-order valence-corrected chi connectivity index (χ4v) is 0.925. The Bertz CT molecular complexity index is 273. The van der Waals surface area contributed by atoms with Gasteiger partial charge in [-0.25, -0.2) is 9.90 Å². The Morgan fingerprint density at radius 1 is 1.38 bits per heavy atom. The summed E-state index contributed by atoms with van der Waals surface area (Å²) in [5.74, 6) is 0. The molecule has 0 N–H and O–H groups in total. The highest BCUT2D eigenvalue weighted by Crippen LogP contribution is 2.13. The summed E-state index contributed by atoms with van der Waals surface area (Å²) < 4.78 is 0. The molecule has 0 heterocycles. The number of hydrogen-bond donors (Lipinski definition) is 0. The van der Waals surface area contributed by atoms with Crippen LogP contribution in [-0.2, 0) is 9.94 Å². The molecular weight excluding hydrogens is 170 g/mol. The second kappa shape index (κ2) is 4.47. The predicted octanol–water partition coefficient (Wildman–Crippen LogP) is 2.00. The minimum absolute atomic E-state index is 0.281. The van der Waals surface area contributed by atoms with Gasteiger partial charge in [0.25, 0.3) is 0 Å². The molecular formula is C9H10NO3. The standard InChI is InChI=1S/C9H10NO3/c1-2-13-10(9(11)12)8-6-4-3-5-7-8/h3-7H,2H2,1H3. The smallest absolute Gasteiger partial charge is 0.263 e. The van der Waals surface area contributed by atoms with Crippen LogP contribution < -0.4 is 5.06 Å². The van der Waals surface area contributed by atoms with Crippen molar-refractivity contribution in [2.45, 2.75) is 6.92 Å². The second-order valence-electron chi connectivity index (χ2n) is 2.31. The number of nitrogens with zero attached hydrogens (tertiary/aromatic N) is 1. The first-order valence-corrected chi connectivity index (χ1v) is 3.94. The topological polar surface area (TPSA) is 49.4 Å². The molecule has 1 aromatic rings. The van der Waals surface area contributed by atoms with Gasteiger partial charge < -0.3 is 0 Å². The highest BCUT2D eigenvalue weighted by atomic mass is 16.7. The molecule has 0 aromatic heterocycles. The highest BCUT2D eigenvalue weighted by molar-refractivity contribution is 5.83. The summed E-state index contributed by atoms with van der Waals surface area (Å²) in [5, 5.41) is 11.3. The van der Waals surface area contributed by atoms with E-state index in [1.54, 1.807) is 37.3 Å². The third-order valence-corrected chi connectivity index (χ3v) is 1.41. The molecule has 0 fully saturated rings. The molecule has 1 aromatic carbocycles. The van der Waals surface area contributed by atoms with E-state index >= 15 is 0 Å². The second-order valence-corrected chi connectivity index (χ2v) is 2.31. The Kier molecular flexibility index (Phi) is 3.28. The van der Waals surface area contributed by atoms with Crippen molar-refractivity contribution in [3.05, 3.63) is 30.3 Å². The number of carbonyl (C=O) groups excluding carboxylic acids is 1. The summed E-state index contributed by atoms with van der Waals surface area (Å²) in [5.41, 5.74) is 0.448. The van der Waals surface area contributed by atoms with Crippen LogP contribution in [0.15, 0.2) is 30.3 Å². The quantitative estimate of drug-likeness (QED) is 0.668. The van der Waals surface area contributed by atoms with E-state index in [1.165, 1.54) is 0 Å². The molecule has 0 saturated carbocycles. The van der Waals surface area contributed by atoms with Crippen molar-refractivity contribution in [3.8, 4) is 0 Å². The predicted molar refractivity (Wildman–Crippen MR) is 46.6 cm³/mol. The van der Waals surface area contributed by atoms with Gasteiger partial charge >= 0.3 is 6.09 Å². The fourth-order valence-electron chi connectivity index (χ4n) is 0.925. The maximum absolute atomic E-state index is 10.6. The first-order valence-electron chi connectivity index (χ1n) is 3.94. The van der Waals surface area contributed by atoms with E-state index in [-0.39, 0.29) is 6.61 Å². The van der Waals surface area contributed by atoms with Gasteiger partial charge in [-0.3, -0.25) is 4.84 Å². The van der Waals surface area contributed by atoms with Crippen LogP contribution in [0.5, 0.6) is 0 Å². The van der Waals surface area contributed by atoms with Gasteiger partial charge in [0.05, 0.1) is 12.3 Å². The van der Waals surface area contributed by atoms with E-state index in [4.69, 9.17) is 4.84 Å². The lowest BCUT2D eigenvalue weighted by atomic mass is 10.3. The number of carbonyl (C=O) groups is 1. The lowest BCUT2D eigenvalue weighted by Crippen LogP contribution is -2.28. The first kappa shape index (κ1) is 9.54. The molecule has 13 heavy (non-hydrogen) atoms. The minimum Gasteiger partial charge on any atom is -0.263 e. The summed E-state index contributed by atoms with van der Waals surface area (Å²) in [7, 11) is 0. The number of para-hydroxylation sites is 1. The summed E-state index contributed by atoms with van der Waals surface area (Å²) in [6.45, 7) is 1.99. The Hall–Kier alpha value is -1.55. The Labute approximate surface area is 76.3 Å². The molecule has 0 spiro atoms. The van der Waals surface area contributed by atoms with Gasteiger partial charge in [0.1, 0.15) is 0 Å². The van der Waals surface area contributed by atoms with Crippen molar-refractivity contribution in [3.63, 3.8) is 0 Å². The van der Waals surface area contributed by atoms with Crippen LogP contribution in [0.2, 0.25) is 0 Å². The van der Waals surface area contributed by atoms with E-state index < -0.39 is 6.09 Å². The Morgan fingerprint density at radius 2 is 2.00 bits per heavy atom.